The Morgan fingerprint density at radius 2 is 1.88 bits per heavy atom. The van der Waals surface area contributed by atoms with Crippen molar-refractivity contribution in [2.24, 2.45) is 0 Å². The maximum absolute atomic E-state index is 12.4. The summed E-state index contributed by atoms with van der Waals surface area (Å²) in [4.78, 5) is 28.4. The second-order valence-corrected chi connectivity index (χ2v) is 5.27. The van der Waals surface area contributed by atoms with Crippen LogP contribution in [0, 0.1) is 0 Å². The fourth-order valence-corrected chi connectivity index (χ4v) is 2.26. The number of benzene rings is 1. The molecule has 0 aliphatic carbocycles. The number of amides is 1. The Hall–Kier alpha value is -3.28. The molecule has 120 valence electrons. The summed E-state index contributed by atoms with van der Waals surface area (Å²) in [5.41, 5.74) is 1.76. The van der Waals surface area contributed by atoms with E-state index in [-0.39, 0.29) is 11.5 Å². The van der Waals surface area contributed by atoms with Gasteiger partial charge in [0.1, 0.15) is 6.04 Å². The average Bonchev–Trinajstić information content (AvgIpc) is 2.63. The molecule has 2 aromatic heterocycles. The van der Waals surface area contributed by atoms with E-state index >= 15 is 0 Å². The van der Waals surface area contributed by atoms with E-state index in [1.165, 1.54) is 10.7 Å². The quantitative estimate of drug-likeness (QED) is 0.801. The van der Waals surface area contributed by atoms with Crippen molar-refractivity contribution in [1.82, 2.24) is 14.8 Å². The van der Waals surface area contributed by atoms with E-state index in [0.29, 0.717) is 11.4 Å². The summed E-state index contributed by atoms with van der Waals surface area (Å²) in [5, 5.41) is 7.06. The maximum Gasteiger partial charge on any atom is 0.267 e. The van der Waals surface area contributed by atoms with Crippen LogP contribution in [0.1, 0.15) is 13.0 Å². The predicted molar refractivity (Wildman–Crippen MR) is 91.5 cm³/mol. The SMILES string of the molecule is CC(C(=O)Nc1cccnc1)n1nc(-c2ccccc2)ccc1=O. The molecular weight excluding hydrogens is 304 g/mol. The fourth-order valence-electron chi connectivity index (χ4n) is 2.26. The molecule has 0 saturated carbocycles. The van der Waals surface area contributed by atoms with E-state index in [1.807, 2.05) is 30.3 Å². The zero-order chi connectivity index (χ0) is 16.9. The van der Waals surface area contributed by atoms with Crippen LogP contribution in [0.2, 0.25) is 0 Å². The topological polar surface area (TPSA) is 76.9 Å². The highest BCUT2D eigenvalue weighted by molar-refractivity contribution is 5.93. The van der Waals surface area contributed by atoms with Crippen LogP contribution >= 0.6 is 0 Å². The van der Waals surface area contributed by atoms with E-state index in [0.717, 1.165) is 5.56 Å². The number of pyridine rings is 1. The first-order chi connectivity index (χ1) is 11.6. The van der Waals surface area contributed by atoms with Gasteiger partial charge in [0.15, 0.2) is 0 Å². The molecule has 0 aliphatic rings. The molecule has 3 aromatic rings. The lowest BCUT2D eigenvalue weighted by atomic mass is 10.1. The number of aromatic nitrogens is 3. The summed E-state index contributed by atoms with van der Waals surface area (Å²) < 4.78 is 1.19. The van der Waals surface area contributed by atoms with Gasteiger partial charge in [-0.05, 0) is 25.1 Å². The molecule has 1 aromatic carbocycles. The van der Waals surface area contributed by atoms with Gasteiger partial charge in [-0.1, -0.05) is 30.3 Å². The van der Waals surface area contributed by atoms with Crippen LogP contribution in [0.5, 0.6) is 0 Å². The number of anilines is 1. The molecule has 0 saturated heterocycles. The third-order valence-corrected chi connectivity index (χ3v) is 3.57. The zero-order valence-electron chi connectivity index (χ0n) is 13.1. The first kappa shape index (κ1) is 15.6. The molecule has 24 heavy (non-hydrogen) atoms. The smallest absolute Gasteiger partial charge is 0.267 e. The zero-order valence-corrected chi connectivity index (χ0v) is 13.1. The van der Waals surface area contributed by atoms with Crippen molar-refractivity contribution in [2.75, 3.05) is 5.32 Å². The van der Waals surface area contributed by atoms with Gasteiger partial charge in [0.05, 0.1) is 17.6 Å². The monoisotopic (exact) mass is 320 g/mol. The third kappa shape index (κ3) is 3.38. The number of nitrogens with zero attached hydrogens (tertiary/aromatic N) is 3. The van der Waals surface area contributed by atoms with Gasteiger partial charge in [-0.3, -0.25) is 14.6 Å². The summed E-state index contributed by atoms with van der Waals surface area (Å²) >= 11 is 0. The van der Waals surface area contributed by atoms with Crippen LogP contribution in [0.3, 0.4) is 0 Å². The molecule has 6 nitrogen and oxygen atoms in total. The number of hydrogen-bond acceptors (Lipinski definition) is 4. The number of rotatable bonds is 4. The lowest BCUT2D eigenvalue weighted by Gasteiger charge is -2.14. The van der Waals surface area contributed by atoms with Crippen molar-refractivity contribution < 1.29 is 4.79 Å². The molecule has 1 amide bonds. The molecule has 3 rings (SSSR count). The minimum atomic E-state index is -0.749. The second kappa shape index (κ2) is 6.87. The summed E-state index contributed by atoms with van der Waals surface area (Å²) in [6.45, 7) is 1.63. The van der Waals surface area contributed by atoms with Gasteiger partial charge < -0.3 is 5.32 Å². The minimum Gasteiger partial charge on any atom is -0.323 e. The predicted octanol–water partition coefficient (Wildman–Crippen LogP) is 2.51. The van der Waals surface area contributed by atoms with Crippen molar-refractivity contribution in [2.45, 2.75) is 13.0 Å². The van der Waals surface area contributed by atoms with E-state index in [1.54, 1.807) is 37.5 Å². The van der Waals surface area contributed by atoms with Crippen molar-refractivity contribution in [3.05, 3.63) is 77.3 Å². The second-order valence-electron chi connectivity index (χ2n) is 5.27. The van der Waals surface area contributed by atoms with E-state index < -0.39 is 6.04 Å². The molecule has 0 aliphatic heterocycles. The molecular formula is C18H16N4O2. The largest absolute Gasteiger partial charge is 0.323 e. The van der Waals surface area contributed by atoms with Crippen molar-refractivity contribution in [3.8, 4) is 11.3 Å². The lowest BCUT2D eigenvalue weighted by Crippen LogP contribution is -2.33. The summed E-state index contributed by atoms with van der Waals surface area (Å²) in [6, 6.07) is 15.3. The van der Waals surface area contributed by atoms with Crippen LogP contribution in [-0.4, -0.2) is 20.7 Å². The van der Waals surface area contributed by atoms with Crippen LogP contribution in [0.25, 0.3) is 11.3 Å². The van der Waals surface area contributed by atoms with Gasteiger partial charge >= 0.3 is 0 Å². The van der Waals surface area contributed by atoms with E-state index in [2.05, 4.69) is 15.4 Å². The number of carbonyl (C=O) groups is 1. The molecule has 0 spiro atoms. The summed E-state index contributed by atoms with van der Waals surface area (Å²) in [5.74, 6) is -0.331. The summed E-state index contributed by atoms with van der Waals surface area (Å²) in [7, 11) is 0. The molecule has 1 atom stereocenters. The molecule has 2 heterocycles. The van der Waals surface area contributed by atoms with Crippen LogP contribution in [-0.2, 0) is 4.79 Å². The van der Waals surface area contributed by atoms with Crippen LogP contribution < -0.4 is 10.9 Å². The Morgan fingerprint density at radius 1 is 1.08 bits per heavy atom. The standard InChI is InChI=1S/C18H16N4O2/c1-13(18(24)20-15-8-5-11-19-12-15)22-17(23)10-9-16(21-22)14-6-3-2-4-7-14/h2-13H,1H3,(H,20,24). The Morgan fingerprint density at radius 3 is 2.58 bits per heavy atom. The molecule has 1 N–H and O–H groups in total. The third-order valence-electron chi connectivity index (χ3n) is 3.57. The highest BCUT2D eigenvalue weighted by Crippen LogP contribution is 2.15. The minimum absolute atomic E-state index is 0.330. The van der Waals surface area contributed by atoms with Gasteiger partial charge in [-0.2, -0.15) is 5.10 Å². The first-order valence-corrected chi connectivity index (χ1v) is 7.51. The van der Waals surface area contributed by atoms with Crippen molar-refractivity contribution in [1.29, 1.82) is 0 Å². The number of hydrogen-bond donors (Lipinski definition) is 1. The Bertz CT molecular complexity index is 892. The number of nitrogens with one attached hydrogen (secondary N) is 1. The summed E-state index contributed by atoms with van der Waals surface area (Å²) in [6.07, 6.45) is 3.16. The maximum atomic E-state index is 12.4. The highest BCUT2D eigenvalue weighted by atomic mass is 16.2. The van der Waals surface area contributed by atoms with Crippen LogP contribution in [0.15, 0.2) is 71.8 Å². The fraction of sp³-hybridized carbons (Fsp3) is 0.111. The van der Waals surface area contributed by atoms with Gasteiger partial charge in [0.2, 0.25) is 5.91 Å². The van der Waals surface area contributed by atoms with Crippen molar-refractivity contribution in [3.63, 3.8) is 0 Å². The average molecular weight is 320 g/mol. The lowest BCUT2D eigenvalue weighted by molar-refractivity contribution is -0.119. The first-order valence-electron chi connectivity index (χ1n) is 7.51. The van der Waals surface area contributed by atoms with E-state index in [4.69, 9.17) is 0 Å². The Balaban J connectivity index is 1.88. The Kier molecular flexibility index (Phi) is 4.47. The highest BCUT2D eigenvalue weighted by Gasteiger charge is 2.18. The molecule has 1 unspecified atom stereocenters. The van der Waals surface area contributed by atoms with Gasteiger partial charge in [0.25, 0.3) is 5.56 Å². The van der Waals surface area contributed by atoms with Gasteiger partial charge in [0, 0.05) is 17.8 Å². The molecule has 0 bridgehead atoms. The van der Waals surface area contributed by atoms with Crippen molar-refractivity contribution >= 4 is 11.6 Å². The number of carbonyl (C=O) groups excluding carboxylic acids is 1. The van der Waals surface area contributed by atoms with Gasteiger partial charge in [-0.25, -0.2) is 4.68 Å². The van der Waals surface area contributed by atoms with E-state index in [9.17, 15) is 9.59 Å². The molecule has 0 fully saturated rings. The normalized spacial score (nSPS) is 11.7. The molecule has 6 heteroatoms. The molecule has 0 radical (unpaired) electrons. The Labute approximate surface area is 138 Å². The van der Waals surface area contributed by atoms with Crippen LogP contribution in [0.4, 0.5) is 5.69 Å². The van der Waals surface area contributed by atoms with Gasteiger partial charge in [-0.15, -0.1) is 0 Å².